The first-order valence-corrected chi connectivity index (χ1v) is 5.34. The zero-order valence-electron chi connectivity index (χ0n) is 9.90. The van der Waals surface area contributed by atoms with Crippen LogP contribution in [0.15, 0.2) is 36.5 Å². The summed E-state index contributed by atoms with van der Waals surface area (Å²) in [5, 5.41) is 0. The van der Waals surface area contributed by atoms with Gasteiger partial charge in [-0.1, -0.05) is 0 Å². The topological polar surface area (TPSA) is 33.2 Å². The van der Waals surface area contributed by atoms with Gasteiger partial charge in [0.2, 0.25) is 5.95 Å². The van der Waals surface area contributed by atoms with Gasteiger partial charge in [0, 0.05) is 18.9 Å². The van der Waals surface area contributed by atoms with Crippen LogP contribution in [0.4, 0.5) is 18.9 Å². The second-order valence-corrected chi connectivity index (χ2v) is 3.80. The first-order chi connectivity index (χ1) is 9.00. The molecule has 1 amide bonds. The van der Waals surface area contributed by atoms with Gasteiger partial charge in [0.05, 0.1) is 5.56 Å². The third-order valence-electron chi connectivity index (χ3n) is 2.60. The Morgan fingerprint density at radius 2 is 1.74 bits per heavy atom. The van der Waals surface area contributed by atoms with Crippen LogP contribution in [0.1, 0.15) is 10.4 Å². The maximum Gasteiger partial charge on any atom is 0.261 e. The lowest BCUT2D eigenvalue weighted by Crippen LogP contribution is -2.27. The summed E-state index contributed by atoms with van der Waals surface area (Å²) in [6.07, 6.45) is 1.00. The Morgan fingerprint density at radius 3 is 2.37 bits per heavy atom. The summed E-state index contributed by atoms with van der Waals surface area (Å²) in [4.78, 5) is 16.2. The second kappa shape index (κ2) is 5.09. The molecule has 98 valence electrons. The Balaban J connectivity index is 2.33. The maximum absolute atomic E-state index is 13.4. The van der Waals surface area contributed by atoms with Crippen LogP contribution in [-0.2, 0) is 0 Å². The average Bonchev–Trinajstić information content (AvgIpc) is 2.41. The van der Waals surface area contributed by atoms with E-state index in [2.05, 4.69) is 4.98 Å². The lowest BCUT2D eigenvalue weighted by molar-refractivity contribution is 0.0987. The molecule has 0 unspecified atom stereocenters. The summed E-state index contributed by atoms with van der Waals surface area (Å²) in [5.74, 6) is -3.84. The fraction of sp³-hybridized carbons (Fsp3) is 0.0769. The van der Waals surface area contributed by atoms with Crippen LogP contribution in [0.5, 0.6) is 0 Å². The van der Waals surface area contributed by atoms with E-state index in [4.69, 9.17) is 0 Å². The normalized spacial score (nSPS) is 10.3. The van der Waals surface area contributed by atoms with E-state index in [0.29, 0.717) is 5.69 Å². The van der Waals surface area contributed by atoms with Crippen molar-refractivity contribution in [2.24, 2.45) is 0 Å². The van der Waals surface area contributed by atoms with Crippen LogP contribution in [0.2, 0.25) is 0 Å². The Bertz CT molecular complexity index is 614. The molecule has 0 aliphatic carbocycles. The fourth-order valence-corrected chi connectivity index (χ4v) is 1.55. The van der Waals surface area contributed by atoms with E-state index in [-0.39, 0.29) is 0 Å². The van der Waals surface area contributed by atoms with Crippen molar-refractivity contribution < 1.29 is 18.0 Å². The van der Waals surface area contributed by atoms with Gasteiger partial charge in [-0.05, 0) is 30.3 Å². The lowest BCUT2D eigenvalue weighted by Gasteiger charge is -2.17. The van der Waals surface area contributed by atoms with Crippen LogP contribution in [0.3, 0.4) is 0 Å². The van der Waals surface area contributed by atoms with Gasteiger partial charge in [-0.3, -0.25) is 4.79 Å². The largest absolute Gasteiger partial charge is 0.311 e. The summed E-state index contributed by atoms with van der Waals surface area (Å²) >= 11 is 0. The van der Waals surface area contributed by atoms with Crippen molar-refractivity contribution in [3.63, 3.8) is 0 Å². The minimum Gasteiger partial charge on any atom is -0.311 e. The number of nitrogens with zero attached hydrogens (tertiary/aromatic N) is 2. The van der Waals surface area contributed by atoms with E-state index in [1.807, 2.05) is 0 Å². The number of aromatic nitrogens is 1. The number of hydrogen-bond donors (Lipinski definition) is 0. The van der Waals surface area contributed by atoms with Crippen molar-refractivity contribution in [1.82, 2.24) is 4.98 Å². The van der Waals surface area contributed by atoms with E-state index in [9.17, 15) is 18.0 Å². The minimum absolute atomic E-state index is 0.364. The molecule has 1 aromatic heterocycles. The zero-order chi connectivity index (χ0) is 14.0. The highest BCUT2D eigenvalue weighted by atomic mass is 19.2. The SMILES string of the molecule is CN(C(=O)c1ccnc(F)c1F)c1ccc(F)cc1. The number of carbonyl (C=O) groups is 1. The van der Waals surface area contributed by atoms with E-state index < -0.39 is 29.1 Å². The van der Waals surface area contributed by atoms with Crippen molar-refractivity contribution in [3.8, 4) is 0 Å². The molecule has 0 aliphatic rings. The van der Waals surface area contributed by atoms with Crippen LogP contribution in [0, 0.1) is 17.6 Å². The molecule has 0 fully saturated rings. The van der Waals surface area contributed by atoms with Crippen molar-refractivity contribution in [2.75, 3.05) is 11.9 Å². The number of anilines is 1. The lowest BCUT2D eigenvalue weighted by atomic mass is 10.2. The molecular formula is C13H9F3N2O. The Labute approximate surface area is 107 Å². The highest BCUT2D eigenvalue weighted by molar-refractivity contribution is 6.05. The van der Waals surface area contributed by atoms with Crippen molar-refractivity contribution in [1.29, 1.82) is 0 Å². The smallest absolute Gasteiger partial charge is 0.261 e. The molecule has 19 heavy (non-hydrogen) atoms. The van der Waals surface area contributed by atoms with E-state index >= 15 is 0 Å². The minimum atomic E-state index is -1.33. The predicted molar refractivity (Wildman–Crippen MR) is 63.3 cm³/mol. The fourth-order valence-electron chi connectivity index (χ4n) is 1.55. The highest BCUT2D eigenvalue weighted by Gasteiger charge is 2.20. The Morgan fingerprint density at radius 1 is 1.11 bits per heavy atom. The summed E-state index contributed by atoms with van der Waals surface area (Å²) < 4.78 is 39.2. The first-order valence-electron chi connectivity index (χ1n) is 5.34. The van der Waals surface area contributed by atoms with E-state index in [0.717, 1.165) is 17.2 Å². The third kappa shape index (κ3) is 2.57. The Hall–Kier alpha value is -2.37. The van der Waals surface area contributed by atoms with Crippen LogP contribution in [0.25, 0.3) is 0 Å². The molecule has 6 heteroatoms. The van der Waals surface area contributed by atoms with Gasteiger partial charge in [-0.2, -0.15) is 4.39 Å². The van der Waals surface area contributed by atoms with E-state index in [1.165, 1.54) is 31.3 Å². The second-order valence-electron chi connectivity index (χ2n) is 3.80. The number of hydrogen-bond acceptors (Lipinski definition) is 2. The summed E-state index contributed by atoms with van der Waals surface area (Å²) in [6.45, 7) is 0. The number of carbonyl (C=O) groups excluding carboxylic acids is 1. The van der Waals surface area contributed by atoms with Gasteiger partial charge in [0.1, 0.15) is 5.82 Å². The van der Waals surface area contributed by atoms with Gasteiger partial charge in [0.25, 0.3) is 5.91 Å². The molecule has 1 aromatic carbocycles. The van der Waals surface area contributed by atoms with Crippen molar-refractivity contribution >= 4 is 11.6 Å². The molecule has 0 saturated heterocycles. The number of rotatable bonds is 2. The Kier molecular flexibility index (Phi) is 3.50. The number of halogens is 3. The first kappa shape index (κ1) is 13.1. The molecule has 2 rings (SSSR count). The quantitative estimate of drug-likeness (QED) is 0.783. The average molecular weight is 266 g/mol. The highest BCUT2D eigenvalue weighted by Crippen LogP contribution is 2.18. The molecule has 0 bridgehead atoms. The standard InChI is InChI=1S/C13H9F3N2O/c1-18(9-4-2-8(14)3-5-9)13(19)10-6-7-17-12(16)11(10)15/h2-7H,1H3. The molecule has 2 aromatic rings. The van der Waals surface area contributed by atoms with Crippen molar-refractivity contribution in [3.05, 3.63) is 59.7 Å². The third-order valence-corrected chi connectivity index (χ3v) is 2.60. The molecule has 0 N–H and O–H groups in total. The van der Waals surface area contributed by atoms with Gasteiger partial charge in [-0.15, -0.1) is 0 Å². The molecule has 0 aliphatic heterocycles. The number of benzene rings is 1. The van der Waals surface area contributed by atoms with Crippen LogP contribution >= 0.6 is 0 Å². The molecule has 0 saturated carbocycles. The number of amides is 1. The molecule has 0 atom stereocenters. The van der Waals surface area contributed by atoms with E-state index in [1.54, 1.807) is 0 Å². The molecule has 3 nitrogen and oxygen atoms in total. The zero-order valence-corrected chi connectivity index (χ0v) is 9.90. The predicted octanol–water partition coefficient (Wildman–Crippen LogP) is 2.78. The summed E-state index contributed by atoms with van der Waals surface area (Å²) in [7, 11) is 1.38. The van der Waals surface area contributed by atoms with Crippen LogP contribution in [-0.4, -0.2) is 17.9 Å². The molecule has 0 radical (unpaired) electrons. The van der Waals surface area contributed by atoms with Gasteiger partial charge >= 0.3 is 0 Å². The number of pyridine rings is 1. The monoisotopic (exact) mass is 266 g/mol. The summed E-state index contributed by atoms with van der Waals surface area (Å²) in [5.41, 5.74) is -0.0673. The molecular weight excluding hydrogens is 257 g/mol. The van der Waals surface area contributed by atoms with Gasteiger partial charge in [-0.25, -0.2) is 13.8 Å². The summed E-state index contributed by atoms with van der Waals surface area (Å²) in [6, 6.07) is 6.15. The van der Waals surface area contributed by atoms with Crippen LogP contribution < -0.4 is 4.90 Å². The van der Waals surface area contributed by atoms with Crippen molar-refractivity contribution in [2.45, 2.75) is 0 Å². The van der Waals surface area contributed by atoms with Gasteiger partial charge in [0.15, 0.2) is 5.82 Å². The molecule has 0 spiro atoms. The maximum atomic E-state index is 13.4. The molecule has 1 heterocycles. The van der Waals surface area contributed by atoms with Gasteiger partial charge < -0.3 is 4.90 Å².